The molecule has 19 heavy (non-hydrogen) atoms. The first-order valence-electron chi connectivity index (χ1n) is 7.77. The van der Waals surface area contributed by atoms with Gasteiger partial charge in [0.25, 0.3) is 0 Å². The molecular weight excluding hydrogens is 232 g/mol. The van der Waals surface area contributed by atoms with Gasteiger partial charge in [0.1, 0.15) is 11.9 Å². The van der Waals surface area contributed by atoms with E-state index in [1.165, 1.54) is 43.4 Å². The third kappa shape index (κ3) is 1.06. The summed E-state index contributed by atoms with van der Waals surface area (Å²) in [6.45, 7) is 2.21. The van der Waals surface area contributed by atoms with Crippen molar-refractivity contribution in [2.45, 2.75) is 50.5 Å². The number of allylic oxidation sites excluding steroid dienone is 1. The monoisotopic (exact) mass is 252 g/mol. The first kappa shape index (κ1) is 10.5. The molecule has 3 aliphatic carbocycles. The van der Waals surface area contributed by atoms with Crippen molar-refractivity contribution < 1.29 is 4.74 Å². The normalized spacial score (nSPS) is 40.8. The highest BCUT2D eigenvalue weighted by molar-refractivity contribution is 5.58. The summed E-state index contributed by atoms with van der Waals surface area (Å²) in [7, 11) is 0. The van der Waals surface area contributed by atoms with Crippen LogP contribution in [0.15, 0.2) is 24.3 Å². The molecule has 1 aromatic carbocycles. The number of hydrogen-bond acceptors (Lipinski definition) is 1. The minimum absolute atomic E-state index is 0.323. The van der Waals surface area contributed by atoms with E-state index >= 15 is 0 Å². The highest BCUT2D eigenvalue weighted by Crippen LogP contribution is 2.63. The van der Waals surface area contributed by atoms with Crippen LogP contribution in [0, 0.1) is 18.8 Å². The Morgan fingerprint density at radius 1 is 1.32 bits per heavy atom. The lowest BCUT2D eigenvalue weighted by atomic mass is 9.50. The molecule has 5 rings (SSSR count). The molecule has 0 radical (unpaired) electrons. The van der Waals surface area contributed by atoms with Crippen molar-refractivity contribution >= 4 is 0 Å². The summed E-state index contributed by atoms with van der Waals surface area (Å²) < 4.78 is 6.42. The van der Waals surface area contributed by atoms with E-state index in [1.54, 1.807) is 11.1 Å². The second-order valence-electron chi connectivity index (χ2n) is 6.95. The van der Waals surface area contributed by atoms with Crippen molar-refractivity contribution in [2.75, 3.05) is 0 Å². The maximum atomic E-state index is 6.42. The zero-order valence-corrected chi connectivity index (χ0v) is 11.5. The number of aryl methyl sites for hydroxylation is 1. The molecule has 1 spiro atoms. The van der Waals surface area contributed by atoms with Gasteiger partial charge in [-0.2, -0.15) is 0 Å². The van der Waals surface area contributed by atoms with Gasteiger partial charge in [-0.25, -0.2) is 0 Å². The standard InChI is InChI=1S/C18H20O/c1-11-7-8-13-10-12-4-3-9-18-14(12)5-2-6-15(18)19-17(11)16(13)18/h2,6-8,12,14-15H,3-5,9-10H2,1H3. The summed E-state index contributed by atoms with van der Waals surface area (Å²) in [5.41, 5.74) is 4.88. The Kier molecular flexibility index (Phi) is 1.81. The van der Waals surface area contributed by atoms with E-state index in [0.29, 0.717) is 11.5 Å². The largest absolute Gasteiger partial charge is 0.485 e. The molecule has 4 atom stereocenters. The zero-order valence-electron chi connectivity index (χ0n) is 11.5. The molecule has 1 nitrogen and oxygen atoms in total. The first-order valence-corrected chi connectivity index (χ1v) is 7.77. The molecule has 1 aromatic rings. The topological polar surface area (TPSA) is 9.23 Å². The molecule has 0 aromatic heterocycles. The molecule has 1 aliphatic heterocycles. The Hall–Kier alpha value is -1.24. The van der Waals surface area contributed by atoms with Gasteiger partial charge in [0.15, 0.2) is 0 Å². The predicted octanol–water partition coefficient (Wildman–Crippen LogP) is 3.93. The van der Waals surface area contributed by atoms with E-state index in [4.69, 9.17) is 4.74 Å². The Bertz CT molecular complexity index is 600. The average Bonchev–Trinajstić information content (AvgIpc) is 2.74. The molecule has 1 heteroatoms. The van der Waals surface area contributed by atoms with E-state index < -0.39 is 0 Å². The van der Waals surface area contributed by atoms with Gasteiger partial charge >= 0.3 is 0 Å². The van der Waals surface area contributed by atoms with Crippen LogP contribution in [0.3, 0.4) is 0 Å². The zero-order chi connectivity index (χ0) is 12.6. The quantitative estimate of drug-likeness (QED) is 0.636. The summed E-state index contributed by atoms with van der Waals surface area (Å²) in [5.74, 6) is 2.97. The molecule has 98 valence electrons. The molecule has 2 bridgehead atoms. The van der Waals surface area contributed by atoms with Crippen molar-refractivity contribution in [1.29, 1.82) is 0 Å². The van der Waals surface area contributed by atoms with Crippen molar-refractivity contribution in [3.63, 3.8) is 0 Å². The smallest absolute Gasteiger partial charge is 0.127 e. The third-order valence-electron chi connectivity index (χ3n) is 6.24. The SMILES string of the molecule is Cc1ccc2c3c1OC1C=CCC4C(CCCC314)C2. The fourth-order valence-corrected chi connectivity index (χ4v) is 5.55. The highest BCUT2D eigenvalue weighted by Gasteiger charge is 2.60. The maximum Gasteiger partial charge on any atom is 0.127 e. The fraction of sp³-hybridized carbons (Fsp3) is 0.556. The summed E-state index contributed by atoms with van der Waals surface area (Å²) >= 11 is 0. The number of ether oxygens (including phenoxy) is 1. The second-order valence-corrected chi connectivity index (χ2v) is 6.95. The van der Waals surface area contributed by atoms with Crippen LogP contribution in [0.1, 0.15) is 42.4 Å². The van der Waals surface area contributed by atoms with Gasteiger partial charge in [-0.1, -0.05) is 24.6 Å². The molecule has 1 fully saturated rings. The molecule has 1 heterocycles. The molecule has 0 N–H and O–H groups in total. The molecule has 1 saturated carbocycles. The lowest BCUT2D eigenvalue weighted by Gasteiger charge is -2.53. The number of benzene rings is 1. The van der Waals surface area contributed by atoms with Crippen LogP contribution < -0.4 is 4.74 Å². The molecule has 4 aliphatic rings. The lowest BCUT2D eigenvalue weighted by Crippen LogP contribution is -2.53. The average molecular weight is 252 g/mol. The van der Waals surface area contributed by atoms with Gasteiger partial charge in [-0.15, -0.1) is 0 Å². The molecular formula is C18H20O. The van der Waals surface area contributed by atoms with Crippen LogP contribution >= 0.6 is 0 Å². The second kappa shape index (κ2) is 3.26. The summed E-state index contributed by atoms with van der Waals surface area (Å²) in [5, 5.41) is 0. The van der Waals surface area contributed by atoms with E-state index in [-0.39, 0.29) is 0 Å². The Morgan fingerprint density at radius 3 is 3.21 bits per heavy atom. The van der Waals surface area contributed by atoms with E-state index in [9.17, 15) is 0 Å². The minimum atomic E-state index is 0.323. The van der Waals surface area contributed by atoms with Crippen LogP contribution in [-0.2, 0) is 11.8 Å². The minimum Gasteiger partial charge on any atom is -0.485 e. The van der Waals surface area contributed by atoms with Gasteiger partial charge in [0, 0.05) is 11.0 Å². The molecule has 0 amide bonds. The van der Waals surface area contributed by atoms with Crippen LogP contribution in [0.5, 0.6) is 5.75 Å². The van der Waals surface area contributed by atoms with Gasteiger partial charge in [-0.05, 0) is 61.6 Å². The number of hydrogen-bond donors (Lipinski definition) is 0. The van der Waals surface area contributed by atoms with Crippen molar-refractivity contribution in [1.82, 2.24) is 0 Å². The lowest BCUT2D eigenvalue weighted by molar-refractivity contribution is 0.0375. The molecule has 4 unspecified atom stereocenters. The van der Waals surface area contributed by atoms with Crippen molar-refractivity contribution in [2.24, 2.45) is 11.8 Å². The highest BCUT2D eigenvalue weighted by atomic mass is 16.5. The Balaban J connectivity index is 1.87. The van der Waals surface area contributed by atoms with Crippen LogP contribution in [0.4, 0.5) is 0 Å². The summed E-state index contributed by atoms with van der Waals surface area (Å²) in [4.78, 5) is 0. The fourth-order valence-electron chi connectivity index (χ4n) is 5.55. The number of rotatable bonds is 0. The predicted molar refractivity (Wildman–Crippen MR) is 75.6 cm³/mol. The molecule has 0 saturated heterocycles. The van der Waals surface area contributed by atoms with Crippen LogP contribution in [-0.4, -0.2) is 6.10 Å². The Morgan fingerprint density at radius 2 is 2.26 bits per heavy atom. The van der Waals surface area contributed by atoms with Crippen LogP contribution in [0.25, 0.3) is 0 Å². The van der Waals surface area contributed by atoms with Crippen molar-refractivity contribution in [3.05, 3.63) is 41.0 Å². The summed E-state index contributed by atoms with van der Waals surface area (Å²) in [6, 6.07) is 4.65. The van der Waals surface area contributed by atoms with Crippen LogP contribution in [0.2, 0.25) is 0 Å². The van der Waals surface area contributed by atoms with Crippen molar-refractivity contribution in [3.8, 4) is 5.75 Å². The first-order chi connectivity index (χ1) is 9.30. The van der Waals surface area contributed by atoms with Gasteiger partial charge in [0.05, 0.1) is 0 Å². The van der Waals surface area contributed by atoms with E-state index in [2.05, 4.69) is 31.2 Å². The Labute approximate surface area is 114 Å². The summed E-state index contributed by atoms with van der Waals surface area (Å²) in [6.07, 6.45) is 11.8. The van der Waals surface area contributed by atoms with Gasteiger partial charge < -0.3 is 4.74 Å². The van der Waals surface area contributed by atoms with E-state index in [1.807, 2.05) is 0 Å². The third-order valence-corrected chi connectivity index (χ3v) is 6.24. The van der Waals surface area contributed by atoms with Gasteiger partial charge in [-0.3, -0.25) is 0 Å². The maximum absolute atomic E-state index is 6.42. The van der Waals surface area contributed by atoms with Gasteiger partial charge in [0.2, 0.25) is 0 Å². The van der Waals surface area contributed by atoms with E-state index in [0.717, 1.165) is 11.8 Å².